The summed E-state index contributed by atoms with van der Waals surface area (Å²) in [6.07, 6.45) is 33.0. The Morgan fingerprint density at radius 3 is 0.875 bits per heavy atom. The predicted octanol–water partition coefficient (Wildman–Crippen LogP) is 13.0. The van der Waals surface area contributed by atoms with E-state index in [2.05, 4.69) is 24.5 Å². The van der Waals surface area contributed by atoms with Crippen molar-refractivity contribution in [2.24, 2.45) is 0 Å². The Hall–Kier alpha value is -1.42. The summed E-state index contributed by atoms with van der Waals surface area (Å²) in [4.78, 5) is 52.0. The van der Waals surface area contributed by atoms with Gasteiger partial charge in [0.25, 0.3) is 0 Å². The molecule has 0 spiro atoms. The summed E-state index contributed by atoms with van der Waals surface area (Å²) in [5.74, 6) is -0.697. The van der Waals surface area contributed by atoms with Crippen molar-refractivity contribution < 1.29 is 28.7 Å². The standard InChI is InChI=1S/C46H88N2O6S2/c1-9-11-13-15-17-19-21-23-25-27-29-31-33-35-41(49)47-39(43(51)53-45(3,4)5)37-55-56-38-40(44(52)54-46(6,7)8)48-42(50)36-34-32-30-28-26-24-22-20-18-16-14-12-10-2/h39-40H,9-38H2,1-8H3,(H,47,49)(H,48,50). The number of carbonyl (C=O) groups is 4. The topological polar surface area (TPSA) is 111 Å². The Labute approximate surface area is 353 Å². The van der Waals surface area contributed by atoms with Gasteiger partial charge in [0.2, 0.25) is 11.8 Å². The fraction of sp³-hybridized carbons (Fsp3) is 0.913. The van der Waals surface area contributed by atoms with Gasteiger partial charge in [-0.25, -0.2) is 9.59 Å². The Morgan fingerprint density at radius 1 is 0.411 bits per heavy atom. The van der Waals surface area contributed by atoms with Crippen LogP contribution in [0.2, 0.25) is 0 Å². The van der Waals surface area contributed by atoms with Gasteiger partial charge in [0.15, 0.2) is 0 Å². The van der Waals surface area contributed by atoms with Crippen molar-refractivity contribution in [3.05, 3.63) is 0 Å². The number of rotatable bonds is 37. The molecule has 0 aliphatic heterocycles. The second-order valence-electron chi connectivity index (χ2n) is 17.9. The third-order valence-electron chi connectivity index (χ3n) is 9.62. The number of carbonyl (C=O) groups excluding carboxylic acids is 4. The summed E-state index contributed by atoms with van der Waals surface area (Å²) < 4.78 is 11.3. The summed E-state index contributed by atoms with van der Waals surface area (Å²) in [6.45, 7) is 15.4. The third kappa shape index (κ3) is 36.9. The van der Waals surface area contributed by atoms with E-state index in [-0.39, 0.29) is 23.3 Å². The molecule has 0 aliphatic carbocycles. The largest absolute Gasteiger partial charge is 0.458 e. The zero-order valence-corrected chi connectivity index (χ0v) is 39.3. The first-order chi connectivity index (χ1) is 26.7. The molecular formula is C46H88N2O6S2. The number of hydrogen-bond donors (Lipinski definition) is 2. The number of ether oxygens (including phenoxy) is 2. The molecule has 0 heterocycles. The van der Waals surface area contributed by atoms with Crippen molar-refractivity contribution in [1.82, 2.24) is 10.6 Å². The maximum absolute atomic E-state index is 13.1. The van der Waals surface area contributed by atoms with Gasteiger partial charge in [-0.1, -0.05) is 190 Å². The highest BCUT2D eigenvalue weighted by atomic mass is 33.1. The van der Waals surface area contributed by atoms with Crippen molar-refractivity contribution in [2.45, 2.75) is 258 Å². The highest BCUT2D eigenvalue weighted by Gasteiger charge is 2.29. The molecule has 8 nitrogen and oxygen atoms in total. The Bertz CT molecular complexity index is 919. The fourth-order valence-corrected chi connectivity index (χ4v) is 8.75. The van der Waals surface area contributed by atoms with Crippen LogP contribution in [0.1, 0.15) is 235 Å². The molecular weight excluding hydrogens is 741 g/mol. The average molecular weight is 829 g/mol. The normalized spacial score (nSPS) is 12.9. The van der Waals surface area contributed by atoms with Gasteiger partial charge in [-0.15, -0.1) is 0 Å². The van der Waals surface area contributed by atoms with Crippen molar-refractivity contribution in [2.75, 3.05) is 11.5 Å². The highest BCUT2D eigenvalue weighted by Crippen LogP contribution is 2.25. The summed E-state index contributed by atoms with van der Waals surface area (Å²) in [6, 6.07) is -1.63. The minimum atomic E-state index is -0.814. The number of hydrogen-bond acceptors (Lipinski definition) is 8. The second-order valence-corrected chi connectivity index (χ2v) is 20.4. The van der Waals surface area contributed by atoms with E-state index < -0.39 is 35.2 Å². The van der Waals surface area contributed by atoms with E-state index in [1.54, 1.807) is 0 Å². The molecule has 0 aromatic heterocycles. The van der Waals surface area contributed by atoms with E-state index in [1.807, 2.05) is 41.5 Å². The second kappa shape index (κ2) is 35.5. The summed E-state index contributed by atoms with van der Waals surface area (Å²) in [5.41, 5.74) is -1.38. The zero-order chi connectivity index (χ0) is 41.9. The van der Waals surface area contributed by atoms with Crippen molar-refractivity contribution in [1.29, 1.82) is 0 Å². The quantitative estimate of drug-likeness (QED) is 0.0362. The molecule has 330 valence electrons. The van der Waals surface area contributed by atoms with E-state index in [0.717, 1.165) is 38.5 Å². The molecule has 0 rings (SSSR count). The molecule has 0 bridgehead atoms. The number of esters is 2. The molecule has 2 atom stereocenters. The van der Waals surface area contributed by atoms with Crippen LogP contribution in [0.5, 0.6) is 0 Å². The highest BCUT2D eigenvalue weighted by molar-refractivity contribution is 8.76. The van der Waals surface area contributed by atoms with Gasteiger partial charge in [-0.05, 0) is 54.4 Å². The van der Waals surface area contributed by atoms with Crippen molar-refractivity contribution in [3.63, 3.8) is 0 Å². The van der Waals surface area contributed by atoms with Crippen LogP contribution < -0.4 is 10.6 Å². The van der Waals surface area contributed by atoms with Crippen LogP contribution in [0.15, 0.2) is 0 Å². The van der Waals surface area contributed by atoms with Gasteiger partial charge in [-0.2, -0.15) is 0 Å². The van der Waals surface area contributed by atoms with Gasteiger partial charge < -0.3 is 20.1 Å². The molecule has 0 aromatic carbocycles. The number of unbranched alkanes of at least 4 members (excludes halogenated alkanes) is 24. The van der Waals surface area contributed by atoms with Gasteiger partial charge in [0, 0.05) is 24.3 Å². The zero-order valence-electron chi connectivity index (χ0n) is 37.6. The van der Waals surface area contributed by atoms with Crippen LogP contribution in [0.3, 0.4) is 0 Å². The van der Waals surface area contributed by atoms with Gasteiger partial charge >= 0.3 is 11.9 Å². The van der Waals surface area contributed by atoms with Crippen molar-refractivity contribution in [3.8, 4) is 0 Å². The van der Waals surface area contributed by atoms with Crippen LogP contribution in [-0.2, 0) is 28.7 Å². The van der Waals surface area contributed by atoms with E-state index >= 15 is 0 Å². The van der Waals surface area contributed by atoms with Crippen LogP contribution in [0, 0.1) is 0 Å². The van der Waals surface area contributed by atoms with Gasteiger partial charge in [0.05, 0.1) is 0 Å². The van der Waals surface area contributed by atoms with Crippen molar-refractivity contribution >= 4 is 45.3 Å². The predicted molar refractivity (Wildman–Crippen MR) is 241 cm³/mol. The van der Waals surface area contributed by atoms with E-state index in [1.165, 1.54) is 150 Å². The fourth-order valence-electron chi connectivity index (χ4n) is 6.46. The average Bonchev–Trinajstić information content (AvgIpc) is 3.11. The van der Waals surface area contributed by atoms with Crippen LogP contribution in [0.25, 0.3) is 0 Å². The number of nitrogens with one attached hydrogen (secondary N) is 2. The lowest BCUT2D eigenvalue weighted by Gasteiger charge is -2.25. The molecule has 0 saturated carbocycles. The summed E-state index contributed by atoms with van der Waals surface area (Å²) in [7, 11) is 2.75. The van der Waals surface area contributed by atoms with Crippen LogP contribution >= 0.6 is 21.6 Å². The molecule has 0 fully saturated rings. The van der Waals surface area contributed by atoms with Gasteiger partial charge in [-0.3, -0.25) is 9.59 Å². The lowest BCUT2D eigenvalue weighted by molar-refractivity contribution is -0.158. The maximum atomic E-state index is 13.1. The summed E-state index contributed by atoms with van der Waals surface area (Å²) in [5, 5.41) is 5.81. The van der Waals surface area contributed by atoms with E-state index in [4.69, 9.17) is 9.47 Å². The smallest absolute Gasteiger partial charge is 0.330 e. The third-order valence-corrected chi connectivity index (χ3v) is 12.0. The Kier molecular flexibility index (Phi) is 34.6. The molecule has 56 heavy (non-hydrogen) atoms. The molecule has 2 N–H and O–H groups in total. The van der Waals surface area contributed by atoms with E-state index in [0.29, 0.717) is 12.8 Å². The molecule has 0 aliphatic rings. The summed E-state index contributed by atoms with van der Waals surface area (Å²) >= 11 is 0. The first-order valence-electron chi connectivity index (χ1n) is 23.0. The molecule has 2 unspecified atom stereocenters. The first kappa shape index (κ1) is 54.6. The van der Waals surface area contributed by atoms with E-state index in [9.17, 15) is 19.2 Å². The SMILES string of the molecule is CCCCCCCCCCCCCCCC(=O)NC(CSSCC(NC(=O)CCCCCCCCCCCCCCC)C(=O)OC(C)(C)C)C(=O)OC(C)(C)C. The van der Waals surface area contributed by atoms with Crippen LogP contribution in [-0.4, -0.2) is 58.5 Å². The molecule has 0 radical (unpaired) electrons. The molecule has 2 amide bonds. The maximum Gasteiger partial charge on any atom is 0.330 e. The molecule has 0 saturated heterocycles. The van der Waals surface area contributed by atoms with Crippen LogP contribution in [0.4, 0.5) is 0 Å². The number of amides is 2. The minimum absolute atomic E-state index is 0.151. The lowest BCUT2D eigenvalue weighted by atomic mass is 10.0. The Morgan fingerprint density at radius 2 is 0.643 bits per heavy atom. The Balaban J connectivity index is 4.68. The minimum Gasteiger partial charge on any atom is -0.458 e. The first-order valence-corrected chi connectivity index (χ1v) is 25.5. The van der Waals surface area contributed by atoms with Gasteiger partial charge in [0.1, 0.15) is 23.3 Å². The lowest BCUT2D eigenvalue weighted by Crippen LogP contribution is -2.46. The monoisotopic (exact) mass is 829 g/mol. The molecule has 10 heteroatoms. The molecule has 0 aromatic rings.